The van der Waals surface area contributed by atoms with Crippen LogP contribution in [0.25, 0.3) is 0 Å². The third kappa shape index (κ3) is 2.65. The van der Waals surface area contributed by atoms with Gasteiger partial charge in [-0.15, -0.1) is 0 Å². The number of likely N-dealkylation sites (tertiary alicyclic amines) is 2. The molecule has 0 aromatic heterocycles. The highest BCUT2D eigenvalue weighted by molar-refractivity contribution is 5.48. The molecule has 0 radical (unpaired) electrons. The number of carbonyl (C=O) groups is 1. The average molecular weight is 266 g/mol. The van der Waals surface area contributed by atoms with E-state index in [0.717, 1.165) is 51.7 Å². The lowest BCUT2D eigenvalue weighted by Gasteiger charge is -2.38. The molecule has 4 heteroatoms. The lowest BCUT2D eigenvalue weighted by atomic mass is 9.82. The topological polar surface area (TPSA) is 43.8 Å². The highest BCUT2D eigenvalue weighted by atomic mass is 16.3. The van der Waals surface area contributed by atoms with Crippen LogP contribution in [0.4, 0.5) is 0 Å². The van der Waals surface area contributed by atoms with Crippen LogP contribution in [0.1, 0.15) is 45.4 Å². The highest BCUT2D eigenvalue weighted by Gasteiger charge is 2.45. The number of aliphatic hydroxyl groups is 1. The second-order valence-electron chi connectivity index (χ2n) is 7.27. The first-order chi connectivity index (χ1) is 9.02. The van der Waals surface area contributed by atoms with Gasteiger partial charge in [0.15, 0.2) is 0 Å². The van der Waals surface area contributed by atoms with E-state index in [1.165, 1.54) is 19.4 Å². The summed E-state index contributed by atoms with van der Waals surface area (Å²) in [6.07, 6.45) is 7.54. The largest absolute Gasteiger partial charge is 0.390 e. The fraction of sp³-hybridized carbons (Fsp3) is 0.933. The van der Waals surface area contributed by atoms with E-state index in [1.807, 2.05) is 11.8 Å². The number of nitrogens with zero attached hydrogens (tertiary/aromatic N) is 2. The second kappa shape index (κ2) is 4.74. The molecular weight excluding hydrogens is 240 g/mol. The zero-order valence-corrected chi connectivity index (χ0v) is 12.0. The average Bonchev–Trinajstić information content (AvgIpc) is 2.97. The van der Waals surface area contributed by atoms with Crippen molar-refractivity contribution >= 4 is 6.41 Å². The minimum atomic E-state index is -0.435. The Labute approximate surface area is 115 Å². The van der Waals surface area contributed by atoms with Crippen LogP contribution in [0.3, 0.4) is 0 Å². The molecule has 4 nitrogen and oxygen atoms in total. The van der Waals surface area contributed by atoms with Gasteiger partial charge in [0.05, 0.1) is 5.60 Å². The molecule has 108 valence electrons. The summed E-state index contributed by atoms with van der Waals surface area (Å²) in [6, 6.07) is 0.657. The van der Waals surface area contributed by atoms with Crippen LogP contribution < -0.4 is 0 Å². The predicted octanol–water partition coefficient (Wildman–Crippen LogP) is 1.23. The van der Waals surface area contributed by atoms with Crippen molar-refractivity contribution in [3.63, 3.8) is 0 Å². The van der Waals surface area contributed by atoms with E-state index in [2.05, 4.69) is 4.90 Å². The first kappa shape index (κ1) is 13.4. The molecule has 1 spiro atoms. The maximum absolute atomic E-state index is 10.9. The van der Waals surface area contributed by atoms with Crippen molar-refractivity contribution in [3.8, 4) is 0 Å². The zero-order chi connectivity index (χ0) is 13.5. The van der Waals surface area contributed by atoms with Gasteiger partial charge in [0.2, 0.25) is 6.41 Å². The summed E-state index contributed by atoms with van der Waals surface area (Å²) in [5.74, 6) is 0. The fourth-order valence-corrected chi connectivity index (χ4v) is 4.26. The van der Waals surface area contributed by atoms with Gasteiger partial charge in [0.25, 0.3) is 0 Å². The number of amides is 1. The van der Waals surface area contributed by atoms with Crippen LogP contribution in [-0.2, 0) is 4.79 Å². The summed E-state index contributed by atoms with van der Waals surface area (Å²) >= 11 is 0. The number of hydrogen-bond donors (Lipinski definition) is 1. The smallest absolute Gasteiger partial charge is 0.209 e. The Morgan fingerprint density at radius 3 is 2.42 bits per heavy atom. The first-order valence-corrected chi connectivity index (χ1v) is 7.68. The van der Waals surface area contributed by atoms with Crippen molar-refractivity contribution in [2.75, 3.05) is 26.2 Å². The molecule has 1 aliphatic carbocycles. The Balaban J connectivity index is 1.56. The summed E-state index contributed by atoms with van der Waals surface area (Å²) in [5.41, 5.74) is -0.0591. The third-order valence-corrected chi connectivity index (χ3v) is 5.63. The van der Waals surface area contributed by atoms with Gasteiger partial charge in [-0.1, -0.05) is 0 Å². The molecular formula is C15H26N2O2. The lowest BCUT2D eigenvalue weighted by Crippen LogP contribution is -2.42. The van der Waals surface area contributed by atoms with Gasteiger partial charge in [-0.05, 0) is 52.0 Å². The summed E-state index contributed by atoms with van der Waals surface area (Å²) < 4.78 is 0. The van der Waals surface area contributed by atoms with Crippen molar-refractivity contribution in [1.29, 1.82) is 0 Å². The maximum Gasteiger partial charge on any atom is 0.209 e. The molecule has 1 saturated carbocycles. The molecule has 2 heterocycles. The number of rotatable bonds is 2. The molecule has 2 aliphatic heterocycles. The van der Waals surface area contributed by atoms with Gasteiger partial charge < -0.3 is 10.0 Å². The quantitative estimate of drug-likeness (QED) is 0.765. The summed E-state index contributed by atoms with van der Waals surface area (Å²) in [5, 5.41) is 10.0. The Kier molecular flexibility index (Phi) is 3.34. The minimum Gasteiger partial charge on any atom is -0.390 e. The molecule has 2 saturated heterocycles. The van der Waals surface area contributed by atoms with E-state index in [0.29, 0.717) is 11.5 Å². The SMILES string of the molecule is CC1(O)CCC(N2CCC3(CCN(C=O)C3)C2)CC1. The summed E-state index contributed by atoms with van der Waals surface area (Å²) in [7, 11) is 0. The molecule has 0 bridgehead atoms. The molecule has 3 aliphatic rings. The Bertz CT molecular complexity index is 348. The van der Waals surface area contributed by atoms with Gasteiger partial charge in [-0.25, -0.2) is 0 Å². The number of hydrogen-bond acceptors (Lipinski definition) is 3. The molecule has 1 amide bonds. The van der Waals surface area contributed by atoms with Crippen LogP contribution in [0.5, 0.6) is 0 Å². The van der Waals surface area contributed by atoms with Gasteiger partial charge in [-0.3, -0.25) is 9.69 Å². The molecule has 1 unspecified atom stereocenters. The van der Waals surface area contributed by atoms with E-state index < -0.39 is 5.60 Å². The maximum atomic E-state index is 10.9. The zero-order valence-electron chi connectivity index (χ0n) is 12.0. The van der Waals surface area contributed by atoms with Crippen LogP contribution >= 0.6 is 0 Å². The standard InChI is InChI=1S/C15H26N2O2/c1-14(19)4-2-13(3-5-14)17-9-7-15(11-17)6-8-16(10-15)12-18/h12-13,19H,2-11H2,1H3. The van der Waals surface area contributed by atoms with Crippen molar-refractivity contribution in [1.82, 2.24) is 9.80 Å². The molecule has 0 aromatic rings. The molecule has 3 fully saturated rings. The van der Waals surface area contributed by atoms with E-state index in [9.17, 15) is 9.90 Å². The van der Waals surface area contributed by atoms with Gasteiger partial charge in [-0.2, -0.15) is 0 Å². The van der Waals surface area contributed by atoms with Crippen molar-refractivity contribution in [3.05, 3.63) is 0 Å². The van der Waals surface area contributed by atoms with Crippen LogP contribution in [0, 0.1) is 5.41 Å². The highest BCUT2D eigenvalue weighted by Crippen LogP contribution is 2.42. The summed E-state index contributed by atoms with van der Waals surface area (Å²) in [4.78, 5) is 15.5. The van der Waals surface area contributed by atoms with Gasteiger partial charge in [0, 0.05) is 31.1 Å². The molecule has 19 heavy (non-hydrogen) atoms. The van der Waals surface area contributed by atoms with Crippen molar-refractivity contribution < 1.29 is 9.90 Å². The van der Waals surface area contributed by atoms with Crippen molar-refractivity contribution in [2.24, 2.45) is 5.41 Å². The summed E-state index contributed by atoms with van der Waals surface area (Å²) in [6.45, 7) is 6.20. The van der Waals surface area contributed by atoms with E-state index >= 15 is 0 Å². The van der Waals surface area contributed by atoms with Gasteiger partial charge >= 0.3 is 0 Å². The molecule has 3 rings (SSSR count). The first-order valence-electron chi connectivity index (χ1n) is 7.68. The number of carbonyl (C=O) groups excluding carboxylic acids is 1. The fourth-order valence-electron chi connectivity index (χ4n) is 4.26. The second-order valence-corrected chi connectivity index (χ2v) is 7.27. The minimum absolute atomic E-state index is 0.376. The van der Waals surface area contributed by atoms with E-state index in [-0.39, 0.29) is 0 Å². The third-order valence-electron chi connectivity index (χ3n) is 5.63. The van der Waals surface area contributed by atoms with Crippen LogP contribution in [0.2, 0.25) is 0 Å². The molecule has 1 atom stereocenters. The lowest BCUT2D eigenvalue weighted by molar-refractivity contribution is -0.117. The predicted molar refractivity (Wildman–Crippen MR) is 73.8 cm³/mol. The normalized spacial score (nSPS) is 44.1. The van der Waals surface area contributed by atoms with Gasteiger partial charge in [0.1, 0.15) is 0 Å². The van der Waals surface area contributed by atoms with Crippen LogP contribution in [0.15, 0.2) is 0 Å². The van der Waals surface area contributed by atoms with Crippen molar-refractivity contribution in [2.45, 2.75) is 57.1 Å². The molecule has 1 N–H and O–H groups in total. The van der Waals surface area contributed by atoms with E-state index in [4.69, 9.17) is 0 Å². The molecule has 0 aromatic carbocycles. The monoisotopic (exact) mass is 266 g/mol. The Hall–Kier alpha value is -0.610. The van der Waals surface area contributed by atoms with Crippen LogP contribution in [-0.4, -0.2) is 59.1 Å². The Morgan fingerprint density at radius 1 is 1.11 bits per heavy atom. The Morgan fingerprint density at radius 2 is 1.79 bits per heavy atom. The van der Waals surface area contributed by atoms with E-state index in [1.54, 1.807) is 0 Å².